The molecule has 1 amide bonds. The predicted octanol–water partition coefficient (Wildman–Crippen LogP) is 3.97. The van der Waals surface area contributed by atoms with E-state index in [9.17, 15) is 22.8 Å². The zero-order chi connectivity index (χ0) is 24.8. The smallest absolute Gasteiger partial charge is 0.413 e. The molecule has 2 aliphatic heterocycles. The molecular formula is C24H28F3N5O3. The number of pyridine rings is 2. The number of halogens is 3. The van der Waals surface area contributed by atoms with E-state index in [1.165, 1.54) is 11.0 Å². The van der Waals surface area contributed by atoms with Gasteiger partial charge in [-0.2, -0.15) is 13.2 Å². The number of nitrogens with one attached hydrogen (secondary N) is 3. The van der Waals surface area contributed by atoms with E-state index in [1.54, 1.807) is 25.3 Å². The van der Waals surface area contributed by atoms with E-state index >= 15 is 0 Å². The largest absolute Gasteiger partial charge is 0.446 e. The number of piperidine rings is 1. The van der Waals surface area contributed by atoms with Gasteiger partial charge in [-0.25, -0.2) is 9.78 Å². The van der Waals surface area contributed by atoms with Crippen LogP contribution in [0.5, 0.6) is 0 Å². The summed E-state index contributed by atoms with van der Waals surface area (Å²) in [6.07, 6.45) is -0.819. The van der Waals surface area contributed by atoms with Crippen molar-refractivity contribution in [3.8, 4) is 11.1 Å². The quantitative estimate of drug-likeness (QED) is 0.599. The number of aryl methyl sites for hydroxylation is 1. The predicted molar refractivity (Wildman–Crippen MR) is 124 cm³/mol. The van der Waals surface area contributed by atoms with Crippen molar-refractivity contribution in [3.05, 3.63) is 40.3 Å². The van der Waals surface area contributed by atoms with Crippen LogP contribution in [-0.4, -0.2) is 54.0 Å². The Kier molecular flexibility index (Phi) is 5.98. The van der Waals surface area contributed by atoms with E-state index in [0.29, 0.717) is 29.5 Å². The van der Waals surface area contributed by atoms with Gasteiger partial charge in [0.05, 0.1) is 0 Å². The van der Waals surface area contributed by atoms with Gasteiger partial charge in [0.2, 0.25) is 5.56 Å². The van der Waals surface area contributed by atoms with Gasteiger partial charge in [-0.3, -0.25) is 10.1 Å². The van der Waals surface area contributed by atoms with Crippen LogP contribution in [0.15, 0.2) is 29.2 Å². The third-order valence-electron chi connectivity index (χ3n) is 7.26. The molecule has 3 fully saturated rings. The molecule has 0 unspecified atom stereocenters. The lowest BCUT2D eigenvalue weighted by Crippen LogP contribution is -2.62. The van der Waals surface area contributed by atoms with Crippen LogP contribution in [0.2, 0.25) is 0 Å². The first-order chi connectivity index (χ1) is 16.6. The second-order valence-electron chi connectivity index (χ2n) is 9.91. The number of H-pyrrole nitrogens is 1. The van der Waals surface area contributed by atoms with Crippen LogP contribution < -0.4 is 21.1 Å². The van der Waals surface area contributed by atoms with Crippen LogP contribution in [-0.2, 0) is 4.74 Å². The van der Waals surface area contributed by atoms with Crippen LogP contribution in [0.25, 0.3) is 11.1 Å². The summed E-state index contributed by atoms with van der Waals surface area (Å²) >= 11 is 0. The first kappa shape index (κ1) is 23.7. The number of amides is 1. The molecule has 3 aliphatic rings. The van der Waals surface area contributed by atoms with E-state index in [4.69, 9.17) is 4.74 Å². The molecule has 0 bridgehead atoms. The molecule has 3 N–H and O–H groups in total. The van der Waals surface area contributed by atoms with E-state index < -0.39 is 23.9 Å². The Hall–Kier alpha value is -3.08. The molecule has 1 atom stereocenters. The summed E-state index contributed by atoms with van der Waals surface area (Å²) < 4.78 is 46.4. The Bertz CT molecular complexity index is 1170. The van der Waals surface area contributed by atoms with Gasteiger partial charge in [-0.15, -0.1) is 0 Å². The summed E-state index contributed by atoms with van der Waals surface area (Å²) in [5, 5.41) is 5.86. The number of hydrogen-bond donors (Lipinski definition) is 3. The Labute approximate surface area is 200 Å². The van der Waals surface area contributed by atoms with Crippen molar-refractivity contribution in [1.82, 2.24) is 15.3 Å². The zero-order valence-corrected chi connectivity index (χ0v) is 19.4. The minimum Gasteiger partial charge on any atom is -0.446 e. The molecule has 0 aromatic carbocycles. The van der Waals surface area contributed by atoms with Gasteiger partial charge in [-0.05, 0) is 67.9 Å². The molecule has 188 valence electrons. The van der Waals surface area contributed by atoms with Crippen molar-refractivity contribution in [2.45, 2.75) is 57.3 Å². The van der Waals surface area contributed by atoms with Crippen molar-refractivity contribution in [2.24, 2.45) is 5.41 Å². The number of anilines is 2. The van der Waals surface area contributed by atoms with E-state index in [1.807, 2.05) is 0 Å². The zero-order valence-electron chi connectivity index (χ0n) is 19.4. The average Bonchev–Trinajstić information content (AvgIpc) is 2.75. The average molecular weight is 492 g/mol. The van der Waals surface area contributed by atoms with Crippen molar-refractivity contribution in [2.75, 3.05) is 29.9 Å². The van der Waals surface area contributed by atoms with Gasteiger partial charge in [0.1, 0.15) is 23.8 Å². The Balaban J connectivity index is 1.35. The number of rotatable bonds is 4. The van der Waals surface area contributed by atoms with Gasteiger partial charge < -0.3 is 19.9 Å². The van der Waals surface area contributed by atoms with Crippen LogP contribution >= 0.6 is 0 Å². The molecule has 1 aliphatic carbocycles. The third-order valence-corrected chi connectivity index (χ3v) is 7.26. The molecule has 11 heteroatoms. The Morgan fingerprint density at radius 3 is 2.69 bits per heavy atom. The molecule has 1 spiro atoms. The lowest BCUT2D eigenvalue weighted by Gasteiger charge is -2.53. The first-order valence-corrected chi connectivity index (χ1v) is 11.9. The van der Waals surface area contributed by atoms with Crippen molar-refractivity contribution >= 4 is 17.7 Å². The monoisotopic (exact) mass is 491 g/mol. The Morgan fingerprint density at radius 1 is 1.23 bits per heavy atom. The van der Waals surface area contributed by atoms with Crippen molar-refractivity contribution in [1.29, 1.82) is 0 Å². The van der Waals surface area contributed by atoms with E-state index in [0.717, 1.165) is 25.9 Å². The fourth-order valence-corrected chi connectivity index (χ4v) is 5.34. The lowest BCUT2D eigenvalue weighted by molar-refractivity contribution is -0.152. The molecule has 2 aromatic heterocycles. The molecule has 2 saturated heterocycles. The fraction of sp³-hybridized carbons (Fsp3) is 0.542. The van der Waals surface area contributed by atoms with Crippen LogP contribution in [0.3, 0.4) is 0 Å². The van der Waals surface area contributed by atoms with Crippen molar-refractivity contribution in [3.63, 3.8) is 0 Å². The van der Waals surface area contributed by atoms with Gasteiger partial charge in [0, 0.05) is 37.3 Å². The molecule has 0 radical (unpaired) electrons. The van der Waals surface area contributed by atoms with Gasteiger partial charge in [0.15, 0.2) is 0 Å². The molecule has 1 saturated carbocycles. The number of nitrogens with zero attached hydrogens (tertiary/aromatic N) is 2. The first-order valence-electron chi connectivity index (χ1n) is 11.9. The molecule has 5 rings (SSSR count). The highest BCUT2D eigenvalue weighted by molar-refractivity contribution is 5.85. The van der Waals surface area contributed by atoms with Gasteiger partial charge in [-0.1, -0.05) is 0 Å². The number of aromatic nitrogens is 2. The molecule has 4 heterocycles. The molecular weight excluding hydrogens is 463 g/mol. The summed E-state index contributed by atoms with van der Waals surface area (Å²) in [5.41, 5.74) is 1.53. The number of ether oxygens (including phenoxy) is 1. The number of aromatic amines is 1. The number of alkyl halides is 3. The van der Waals surface area contributed by atoms with Crippen LogP contribution in [0.1, 0.15) is 37.7 Å². The SMILES string of the molecule is Cc1cnc(NC(=O)OC2CC3(CNC3)C2)cc1-c1cc(N2CCCC[C@@H]2C(F)(F)F)[nH]c(=O)c1. The van der Waals surface area contributed by atoms with Crippen LogP contribution in [0, 0.1) is 12.3 Å². The van der Waals surface area contributed by atoms with E-state index in [2.05, 4.69) is 20.6 Å². The maximum atomic E-state index is 13.6. The lowest BCUT2D eigenvalue weighted by atomic mass is 9.63. The normalized spacial score (nSPS) is 21.8. The number of carbonyl (C=O) groups is 1. The summed E-state index contributed by atoms with van der Waals surface area (Å²) in [5.74, 6) is 0.368. The maximum absolute atomic E-state index is 13.6. The summed E-state index contributed by atoms with van der Waals surface area (Å²) in [7, 11) is 0. The summed E-state index contributed by atoms with van der Waals surface area (Å²) in [4.78, 5) is 32.8. The summed E-state index contributed by atoms with van der Waals surface area (Å²) in [6, 6.07) is 2.84. The van der Waals surface area contributed by atoms with E-state index in [-0.39, 0.29) is 36.1 Å². The second kappa shape index (κ2) is 8.85. The molecule has 8 nitrogen and oxygen atoms in total. The highest BCUT2D eigenvalue weighted by atomic mass is 19.4. The van der Waals surface area contributed by atoms with Gasteiger partial charge >= 0.3 is 12.3 Å². The number of carbonyl (C=O) groups excluding carboxylic acids is 1. The topological polar surface area (TPSA) is 99.3 Å². The number of hydrogen-bond acceptors (Lipinski definition) is 6. The minimum absolute atomic E-state index is 0.0150. The maximum Gasteiger partial charge on any atom is 0.413 e. The van der Waals surface area contributed by atoms with Crippen LogP contribution in [0.4, 0.5) is 29.6 Å². The highest BCUT2D eigenvalue weighted by Gasteiger charge is 2.50. The third kappa shape index (κ3) is 4.86. The van der Waals surface area contributed by atoms with Crippen molar-refractivity contribution < 1.29 is 22.7 Å². The highest BCUT2D eigenvalue weighted by Crippen LogP contribution is 2.45. The standard InChI is InChI=1S/C24H28F3N5O3/c1-14-11-29-19(30-22(34)35-16-9-23(10-16)12-28-13-23)8-17(14)15-6-20(31-21(33)7-15)32-5-3-2-4-18(32)24(25,26)27/h6-8,11,16,18,28H,2-5,9-10,12-13H2,1H3,(H,31,33)(H,29,30,34)/t18-/m1/s1. The fourth-order valence-electron chi connectivity index (χ4n) is 5.34. The second-order valence-corrected chi connectivity index (χ2v) is 9.91. The minimum atomic E-state index is -4.40. The molecule has 35 heavy (non-hydrogen) atoms. The van der Waals surface area contributed by atoms with Gasteiger partial charge in [0.25, 0.3) is 0 Å². The summed E-state index contributed by atoms with van der Waals surface area (Å²) in [6.45, 7) is 3.90. The molecule has 2 aromatic rings. The Morgan fingerprint density at radius 2 is 2.00 bits per heavy atom.